The van der Waals surface area contributed by atoms with Crippen molar-refractivity contribution in [2.45, 2.75) is 0 Å². The third-order valence-electron chi connectivity index (χ3n) is 1.10. The van der Waals surface area contributed by atoms with Crippen molar-refractivity contribution < 1.29 is 10.4 Å². The fourth-order valence-electron chi connectivity index (χ4n) is 0.635. The molecule has 0 aliphatic carbocycles. The minimum absolute atomic E-state index is 0.294. The van der Waals surface area contributed by atoms with Crippen molar-refractivity contribution >= 4 is 21.6 Å². The lowest BCUT2D eigenvalue weighted by Gasteiger charge is -2.11. The van der Waals surface area contributed by atoms with Crippen LogP contribution in [0.4, 0.5) is 5.69 Å². The maximum absolute atomic E-state index is 10.4. The van der Waals surface area contributed by atoms with E-state index in [2.05, 4.69) is 15.9 Å². The maximum atomic E-state index is 10.4. The second kappa shape index (κ2) is 3.12. The number of quaternary nitrogens is 1. The van der Waals surface area contributed by atoms with Crippen LogP contribution in [-0.2, 0) is 0 Å². The Labute approximate surface area is 66.6 Å². The lowest BCUT2D eigenvalue weighted by atomic mass is 10.3. The zero-order valence-electron chi connectivity index (χ0n) is 5.04. The zero-order valence-corrected chi connectivity index (χ0v) is 6.63. The fraction of sp³-hybridized carbons (Fsp3) is 0. The van der Waals surface area contributed by atoms with Crippen molar-refractivity contribution in [3.63, 3.8) is 0 Å². The maximum Gasteiger partial charge on any atom is 0.178 e. The summed E-state index contributed by atoms with van der Waals surface area (Å²) in [4.78, 5) is 0. The third kappa shape index (κ3) is 1.54. The van der Waals surface area contributed by atoms with Gasteiger partial charge in [0.15, 0.2) is 5.69 Å². The number of hydrogen-bond acceptors (Lipinski definition) is 2. The second-order valence-corrected chi connectivity index (χ2v) is 2.64. The van der Waals surface area contributed by atoms with Gasteiger partial charge in [-0.25, -0.2) is 5.21 Å². The Morgan fingerprint density at radius 2 is 2.00 bits per heavy atom. The summed E-state index contributed by atoms with van der Waals surface area (Å²) in [6.07, 6.45) is 0. The molecule has 2 N–H and O–H groups in total. The van der Waals surface area contributed by atoms with Crippen molar-refractivity contribution in [2.24, 2.45) is 0 Å². The molecular formula is C6H6BrNO2. The fourth-order valence-corrected chi connectivity index (χ4v) is 1.09. The minimum atomic E-state index is -0.910. The molecule has 0 fully saturated rings. The molecule has 1 atom stereocenters. The van der Waals surface area contributed by atoms with Gasteiger partial charge < -0.3 is 5.21 Å². The van der Waals surface area contributed by atoms with E-state index >= 15 is 0 Å². The third-order valence-corrected chi connectivity index (χ3v) is 1.80. The van der Waals surface area contributed by atoms with Crippen molar-refractivity contribution in [3.8, 4) is 0 Å². The van der Waals surface area contributed by atoms with E-state index in [1.807, 2.05) is 0 Å². The molecule has 0 aliphatic rings. The Kier molecular flexibility index (Phi) is 2.39. The largest absolute Gasteiger partial charge is 0.595 e. The first kappa shape index (κ1) is 7.68. The summed E-state index contributed by atoms with van der Waals surface area (Å²) in [6, 6.07) is 6.71. The minimum Gasteiger partial charge on any atom is -0.595 e. The molecule has 10 heavy (non-hydrogen) atoms. The van der Waals surface area contributed by atoms with E-state index in [0.717, 1.165) is 0 Å². The van der Waals surface area contributed by atoms with Crippen LogP contribution in [0.2, 0.25) is 0 Å². The molecule has 4 heteroatoms. The number of para-hydroxylation sites is 1. The number of hydrogen-bond donors (Lipinski definition) is 2. The number of nitrogens with one attached hydrogen (secondary N) is 1. The van der Waals surface area contributed by atoms with Gasteiger partial charge in [-0.2, -0.15) is 5.23 Å². The summed E-state index contributed by atoms with van der Waals surface area (Å²) >= 11 is 3.12. The molecule has 1 rings (SSSR count). The molecule has 0 saturated carbocycles. The van der Waals surface area contributed by atoms with Crippen LogP contribution < -0.4 is 5.23 Å². The van der Waals surface area contributed by atoms with Gasteiger partial charge in [0.1, 0.15) is 0 Å². The molecule has 1 unspecified atom stereocenters. The molecule has 0 heterocycles. The summed E-state index contributed by atoms with van der Waals surface area (Å²) in [5.74, 6) is 0. The zero-order chi connectivity index (χ0) is 7.56. The van der Waals surface area contributed by atoms with Gasteiger partial charge in [-0.3, -0.25) is 0 Å². The Morgan fingerprint density at radius 1 is 1.40 bits per heavy atom. The summed E-state index contributed by atoms with van der Waals surface area (Å²) in [7, 11) is 0. The van der Waals surface area contributed by atoms with E-state index in [4.69, 9.17) is 5.21 Å². The molecule has 0 aromatic heterocycles. The Balaban J connectivity index is 3.03. The molecule has 1 aromatic carbocycles. The highest BCUT2D eigenvalue weighted by Gasteiger charge is 2.02. The predicted octanol–water partition coefficient (Wildman–Crippen LogP) is 0.852. The lowest BCUT2D eigenvalue weighted by molar-refractivity contribution is -0.991. The summed E-state index contributed by atoms with van der Waals surface area (Å²) < 4.78 is 0.613. The van der Waals surface area contributed by atoms with Gasteiger partial charge in [0.05, 0.1) is 4.47 Å². The Bertz CT molecular complexity index is 227. The Hall–Kier alpha value is -0.420. The molecule has 0 spiro atoms. The normalized spacial score (nSPS) is 13.1. The average Bonchev–Trinajstić information content (AvgIpc) is 1.88. The second-order valence-electron chi connectivity index (χ2n) is 1.78. The van der Waals surface area contributed by atoms with Crippen LogP contribution in [0.15, 0.2) is 28.7 Å². The molecule has 0 bridgehead atoms. The van der Waals surface area contributed by atoms with Gasteiger partial charge in [-0.05, 0) is 22.0 Å². The van der Waals surface area contributed by atoms with Gasteiger partial charge >= 0.3 is 0 Å². The van der Waals surface area contributed by atoms with E-state index in [1.54, 1.807) is 24.3 Å². The molecule has 0 saturated heterocycles. The van der Waals surface area contributed by atoms with Crippen molar-refractivity contribution in [1.29, 1.82) is 0 Å². The van der Waals surface area contributed by atoms with Crippen LogP contribution in [0.25, 0.3) is 0 Å². The number of benzene rings is 1. The van der Waals surface area contributed by atoms with E-state index in [9.17, 15) is 5.21 Å². The van der Waals surface area contributed by atoms with Crippen LogP contribution in [0, 0.1) is 5.21 Å². The van der Waals surface area contributed by atoms with Crippen LogP contribution in [0.1, 0.15) is 0 Å². The standard InChI is InChI=1S/C6H6BrNO2/c7-5-3-1-2-4-6(5)8(9)10/h1-4,8-9H. The van der Waals surface area contributed by atoms with Gasteiger partial charge in [0.25, 0.3) is 0 Å². The van der Waals surface area contributed by atoms with Crippen molar-refractivity contribution in [2.75, 3.05) is 0 Å². The van der Waals surface area contributed by atoms with Gasteiger partial charge in [0, 0.05) is 6.07 Å². The molecule has 0 aliphatic heterocycles. The SMILES string of the molecule is [O-][NH+](O)c1ccccc1Br. The lowest BCUT2D eigenvalue weighted by Crippen LogP contribution is -2.99. The van der Waals surface area contributed by atoms with Gasteiger partial charge in [-0.1, -0.05) is 12.1 Å². The van der Waals surface area contributed by atoms with E-state index in [1.165, 1.54) is 0 Å². The first-order valence-corrected chi connectivity index (χ1v) is 3.49. The smallest absolute Gasteiger partial charge is 0.178 e. The van der Waals surface area contributed by atoms with Crippen LogP contribution in [0.3, 0.4) is 0 Å². The van der Waals surface area contributed by atoms with Crippen molar-refractivity contribution in [3.05, 3.63) is 33.9 Å². The van der Waals surface area contributed by atoms with Crippen molar-refractivity contribution in [1.82, 2.24) is 0 Å². The highest BCUT2D eigenvalue weighted by Crippen LogP contribution is 2.16. The van der Waals surface area contributed by atoms with E-state index in [-0.39, 0.29) is 0 Å². The van der Waals surface area contributed by atoms with E-state index in [0.29, 0.717) is 10.2 Å². The topological polar surface area (TPSA) is 47.7 Å². The number of halogens is 1. The number of rotatable bonds is 1. The summed E-state index contributed by atoms with van der Waals surface area (Å²) in [6.45, 7) is 0. The van der Waals surface area contributed by atoms with Crippen LogP contribution in [-0.4, -0.2) is 5.21 Å². The van der Waals surface area contributed by atoms with Gasteiger partial charge in [-0.15, -0.1) is 0 Å². The molecule has 0 amide bonds. The summed E-state index contributed by atoms with van der Waals surface area (Å²) in [5.41, 5.74) is 0.294. The summed E-state index contributed by atoms with van der Waals surface area (Å²) in [5, 5.41) is 18.0. The average molecular weight is 204 g/mol. The predicted molar refractivity (Wildman–Crippen MR) is 39.9 cm³/mol. The quantitative estimate of drug-likeness (QED) is 0.666. The van der Waals surface area contributed by atoms with Crippen LogP contribution >= 0.6 is 15.9 Å². The molecule has 3 nitrogen and oxygen atoms in total. The molecule has 0 radical (unpaired) electrons. The van der Waals surface area contributed by atoms with Gasteiger partial charge in [0.2, 0.25) is 0 Å². The first-order chi connectivity index (χ1) is 4.72. The Morgan fingerprint density at radius 3 is 2.40 bits per heavy atom. The highest BCUT2D eigenvalue weighted by atomic mass is 79.9. The molecular weight excluding hydrogens is 198 g/mol. The van der Waals surface area contributed by atoms with E-state index < -0.39 is 5.23 Å². The monoisotopic (exact) mass is 203 g/mol. The van der Waals surface area contributed by atoms with Crippen LogP contribution in [0.5, 0.6) is 0 Å². The molecule has 1 aromatic rings. The first-order valence-electron chi connectivity index (χ1n) is 2.69. The molecule has 54 valence electrons. The highest BCUT2D eigenvalue weighted by molar-refractivity contribution is 9.10.